The summed E-state index contributed by atoms with van der Waals surface area (Å²) in [6, 6.07) is 9.51. The summed E-state index contributed by atoms with van der Waals surface area (Å²) in [6.07, 6.45) is 7.46. The second-order valence-electron chi connectivity index (χ2n) is 5.45. The zero-order valence-corrected chi connectivity index (χ0v) is 13.3. The minimum atomic E-state index is -0.121. The number of hydrogen-bond acceptors (Lipinski definition) is 4. The van der Waals surface area contributed by atoms with E-state index in [0.29, 0.717) is 18.1 Å². The Bertz CT molecular complexity index is 551. The number of unbranched alkanes of at least 4 members (excludes halogenated alkanes) is 5. The van der Waals surface area contributed by atoms with Crippen molar-refractivity contribution in [3.8, 4) is 17.1 Å². The first kappa shape index (κ1) is 16.6. The van der Waals surface area contributed by atoms with Crippen molar-refractivity contribution < 1.29 is 14.4 Å². The first-order valence-electron chi connectivity index (χ1n) is 8.13. The molecule has 0 saturated carbocycles. The average Bonchev–Trinajstić information content (AvgIpc) is 3.03. The maximum Gasteiger partial charge on any atom is 0.170 e. The molecule has 2 aromatic rings. The maximum absolute atomic E-state index is 9.08. The van der Waals surface area contributed by atoms with Gasteiger partial charge in [0.2, 0.25) is 0 Å². The van der Waals surface area contributed by atoms with Crippen LogP contribution >= 0.6 is 0 Å². The monoisotopic (exact) mass is 303 g/mol. The van der Waals surface area contributed by atoms with E-state index in [0.717, 1.165) is 17.7 Å². The van der Waals surface area contributed by atoms with Crippen molar-refractivity contribution in [2.45, 2.75) is 52.1 Å². The number of nitrogens with zero attached hydrogens (tertiary/aromatic N) is 1. The summed E-state index contributed by atoms with van der Waals surface area (Å²) >= 11 is 0. The van der Waals surface area contributed by atoms with Crippen LogP contribution in [-0.2, 0) is 6.61 Å². The van der Waals surface area contributed by atoms with Gasteiger partial charge in [0.1, 0.15) is 11.4 Å². The fraction of sp³-hybridized carbons (Fsp3) is 0.500. The quantitative estimate of drug-likeness (QED) is 0.653. The van der Waals surface area contributed by atoms with Crippen molar-refractivity contribution >= 4 is 0 Å². The number of aliphatic hydroxyl groups is 1. The molecule has 1 N–H and O–H groups in total. The predicted molar refractivity (Wildman–Crippen MR) is 86.7 cm³/mol. The van der Waals surface area contributed by atoms with Gasteiger partial charge in [0.05, 0.1) is 18.8 Å². The number of aliphatic hydroxyl groups excluding tert-OH is 1. The third kappa shape index (κ3) is 4.88. The van der Waals surface area contributed by atoms with Crippen molar-refractivity contribution in [2.75, 3.05) is 6.61 Å². The Morgan fingerprint density at radius 1 is 1.09 bits per heavy atom. The van der Waals surface area contributed by atoms with E-state index in [4.69, 9.17) is 14.4 Å². The van der Waals surface area contributed by atoms with E-state index in [1.165, 1.54) is 32.1 Å². The van der Waals surface area contributed by atoms with Crippen LogP contribution in [0.3, 0.4) is 0 Å². The van der Waals surface area contributed by atoms with Crippen LogP contribution in [-0.4, -0.2) is 16.9 Å². The summed E-state index contributed by atoms with van der Waals surface area (Å²) in [6.45, 7) is 2.82. The third-order valence-corrected chi connectivity index (χ3v) is 3.63. The van der Waals surface area contributed by atoms with Crippen LogP contribution in [0, 0.1) is 0 Å². The van der Waals surface area contributed by atoms with Crippen LogP contribution in [0.5, 0.6) is 5.75 Å². The number of ether oxygens (including phenoxy) is 1. The molecule has 0 atom stereocenters. The Labute approximate surface area is 132 Å². The Kier molecular flexibility index (Phi) is 6.97. The zero-order chi connectivity index (χ0) is 15.6. The summed E-state index contributed by atoms with van der Waals surface area (Å²) in [4.78, 5) is 0. The van der Waals surface area contributed by atoms with Gasteiger partial charge in [-0.2, -0.15) is 0 Å². The van der Waals surface area contributed by atoms with Crippen molar-refractivity contribution in [1.82, 2.24) is 5.16 Å². The number of aromatic nitrogens is 1. The molecule has 0 aliphatic carbocycles. The van der Waals surface area contributed by atoms with Crippen LogP contribution in [0.25, 0.3) is 11.3 Å². The molecule has 0 fully saturated rings. The number of benzene rings is 1. The van der Waals surface area contributed by atoms with Gasteiger partial charge in [-0.1, -0.05) is 56.3 Å². The van der Waals surface area contributed by atoms with Gasteiger partial charge < -0.3 is 14.4 Å². The zero-order valence-electron chi connectivity index (χ0n) is 13.3. The highest BCUT2D eigenvalue weighted by molar-refractivity contribution is 5.65. The Balaban J connectivity index is 1.86. The third-order valence-electron chi connectivity index (χ3n) is 3.63. The van der Waals surface area contributed by atoms with E-state index >= 15 is 0 Å². The van der Waals surface area contributed by atoms with Gasteiger partial charge >= 0.3 is 0 Å². The number of para-hydroxylation sites is 1. The largest absolute Gasteiger partial charge is 0.493 e. The summed E-state index contributed by atoms with van der Waals surface area (Å²) < 4.78 is 11.2. The molecule has 22 heavy (non-hydrogen) atoms. The smallest absolute Gasteiger partial charge is 0.170 e. The van der Waals surface area contributed by atoms with Gasteiger partial charge in [-0.05, 0) is 18.6 Å². The summed E-state index contributed by atoms with van der Waals surface area (Å²) in [5.41, 5.74) is 1.40. The molecule has 120 valence electrons. The number of rotatable bonds is 10. The SMILES string of the molecule is CCCCCCCCOc1ccccc1-c1cc(CO)no1. The molecule has 4 nitrogen and oxygen atoms in total. The fourth-order valence-corrected chi connectivity index (χ4v) is 2.37. The maximum atomic E-state index is 9.08. The minimum absolute atomic E-state index is 0.121. The first-order chi connectivity index (χ1) is 10.8. The van der Waals surface area contributed by atoms with Crippen LogP contribution < -0.4 is 4.74 Å². The molecule has 1 heterocycles. The van der Waals surface area contributed by atoms with Gasteiger partial charge in [-0.3, -0.25) is 0 Å². The molecule has 0 unspecified atom stereocenters. The Morgan fingerprint density at radius 2 is 1.86 bits per heavy atom. The normalized spacial score (nSPS) is 10.8. The highest BCUT2D eigenvalue weighted by Gasteiger charge is 2.11. The lowest BCUT2D eigenvalue weighted by molar-refractivity contribution is 0.267. The highest BCUT2D eigenvalue weighted by Crippen LogP contribution is 2.30. The van der Waals surface area contributed by atoms with Crippen molar-refractivity contribution in [3.63, 3.8) is 0 Å². The molecule has 0 aliphatic heterocycles. The van der Waals surface area contributed by atoms with Gasteiger partial charge in [-0.15, -0.1) is 0 Å². The molecule has 0 aliphatic rings. The summed E-state index contributed by atoms with van der Waals surface area (Å²) in [7, 11) is 0. The van der Waals surface area contributed by atoms with Crippen LogP contribution in [0.2, 0.25) is 0 Å². The van der Waals surface area contributed by atoms with Gasteiger partial charge in [-0.25, -0.2) is 0 Å². The summed E-state index contributed by atoms with van der Waals surface area (Å²) in [5.74, 6) is 1.43. The molecule has 2 rings (SSSR count). The van der Waals surface area contributed by atoms with Gasteiger partial charge in [0.15, 0.2) is 5.76 Å². The highest BCUT2D eigenvalue weighted by atomic mass is 16.5. The van der Waals surface area contributed by atoms with Crippen LogP contribution in [0.1, 0.15) is 51.1 Å². The molecule has 4 heteroatoms. The van der Waals surface area contributed by atoms with E-state index in [1.807, 2.05) is 24.3 Å². The molecule has 1 aromatic heterocycles. The molecule has 1 aromatic carbocycles. The second kappa shape index (κ2) is 9.26. The van der Waals surface area contributed by atoms with Gasteiger partial charge in [0, 0.05) is 6.07 Å². The van der Waals surface area contributed by atoms with Crippen LogP contribution in [0.15, 0.2) is 34.9 Å². The van der Waals surface area contributed by atoms with Crippen LogP contribution in [0.4, 0.5) is 0 Å². The van der Waals surface area contributed by atoms with E-state index in [-0.39, 0.29) is 6.61 Å². The molecule has 0 saturated heterocycles. The van der Waals surface area contributed by atoms with Crippen molar-refractivity contribution in [3.05, 3.63) is 36.0 Å². The second-order valence-corrected chi connectivity index (χ2v) is 5.45. The van der Waals surface area contributed by atoms with E-state index in [2.05, 4.69) is 12.1 Å². The predicted octanol–water partition coefficient (Wildman–Crippen LogP) is 4.57. The molecular formula is C18H25NO3. The number of hydrogen-bond donors (Lipinski definition) is 1. The molecule has 0 amide bonds. The van der Waals surface area contributed by atoms with E-state index < -0.39 is 0 Å². The standard InChI is InChI=1S/C18H25NO3/c1-2-3-4-5-6-9-12-21-17-11-8-7-10-16(17)18-13-15(14-20)19-22-18/h7-8,10-11,13,20H,2-6,9,12,14H2,1H3. The molecular weight excluding hydrogens is 278 g/mol. The van der Waals surface area contributed by atoms with Crippen molar-refractivity contribution in [2.24, 2.45) is 0 Å². The van der Waals surface area contributed by atoms with Gasteiger partial charge in [0.25, 0.3) is 0 Å². The van der Waals surface area contributed by atoms with E-state index in [1.54, 1.807) is 6.07 Å². The van der Waals surface area contributed by atoms with E-state index in [9.17, 15) is 0 Å². The lowest BCUT2D eigenvalue weighted by atomic mass is 10.1. The topological polar surface area (TPSA) is 55.5 Å². The first-order valence-corrected chi connectivity index (χ1v) is 8.13. The summed E-state index contributed by atoms with van der Waals surface area (Å²) in [5, 5.41) is 12.9. The molecule has 0 bridgehead atoms. The average molecular weight is 303 g/mol. The lowest BCUT2D eigenvalue weighted by Gasteiger charge is -2.09. The molecule has 0 radical (unpaired) electrons. The fourth-order valence-electron chi connectivity index (χ4n) is 2.37. The van der Waals surface area contributed by atoms with Crippen molar-refractivity contribution in [1.29, 1.82) is 0 Å². The molecule has 0 spiro atoms. The minimum Gasteiger partial charge on any atom is -0.493 e. The Hall–Kier alpha value is -1.81. The Morgan fingerprint density at radius 3 is 2.64 bits per heavy atom. The lowest BCUT2D eigenvalue weighted by Crippen LogP contribution is -1.98.